The molecule has 0 aromatic heterocycles. The van der Waals surface area contributed by atoms with Crippen molar-refractivity contribution in [3.63, 3.8) is 0 Å². The Bertz CT molecular complexity index is 1010. The van der Waals surface area contributed by atoms with E-state index in [0.29, 0.717) is 28.7 Å². The second kappa shape index (κ2) is 12.2. The molecule has 4 nitrogen and oxygen atoms in total. The Hall–Kier alpha value is -3.42. The van der Waals surface area contributed by atoms with Gasteiger partial charge in [-0.3, -0.25) is 0 Å². The predicted octanol–water partition coefficient (Wildman–Crippen LogP) is 6.29. The van der Waals surface area contributed by atoms with Gasteiger partial charge in [0.05, 0.1) is 33.8 Å². The van der Waals surface area contributed by atoms with E-state index in [1.165, 1.54) is 0 Å². The first-order valence-electron chi connectivity index (χ1n) is 9.26. The molecule has 0 saturated heterocycles. The van der Waals surface area contributed by atoms with Gasteiger partial charge < -0.3 is 14.2 Å². The number of hydrogen-bond donors (Lipinski definition) is 0. The van der Waals surface area contributed by atoms with Gasteiger partial charge in [-0.25, -0.2) is 0 Å². The molecule has 0 aliphatic heterocycles. The van der Waals surface area contributed by atoms with Crippen LogP contribution in [0.5, 0.6) is 17.2 Å². The van der Waals surface area contributed by atoms with Gasteiger partial charge in [0.2, 0.25) is 5.75 Å². The van der Waals surface area contributed by atoms with E-state index in [4.69, 9.17) is 31.1 Å². The standard InChI is InChI=1S/C17H18O3.C8H6ClN/c1-18-15-12-11-14(16(19-2)17(15)20-3)10-9-13-7-5-4-6-8-13;9-8-3-1-2-7(6-8)4-5-10/h4-12H,1-3H3;1-3,6H,4H2. The third-order valence-corrected chi connectivity index (χ3v) is 4.40. The van der Waals surface area contributed by atoms with Crippen molar-refractivity contribution in [3.8, 4) is 23.3 Å². The molecule has 3 aromatic rings. The summed E-state index contributed by atoms with van der Waals surface area (Å²) < 4.78 is 16.1. The second-order valence-electron chi connectivity index (χ2n) is 6.13. The number of nitrogens with zero attached hydrogens (tertiary/aromatic N) is 1. The summed E-state index contributed by atoms with van der Waals surface area (Å²) >= 11 is 5.67. The molecule has 0 saturated carbocycles. The molecule has 30 heavy (non-hydrogen) atoms. The van der Waals surface area contributed by atoms with E-state index in [9.17, 15) is 0 Å². The van der Waals surface area contributed by atoms with E-state index in [-0.39, 0.29) is 0 Å². The van der Waals surface area contributed by atoms with Crippen LogP contribution in [0.3, 0.4) is 0 Å². The molecule has 0 aliphatic rings. The first-order chi connectivity index (χ1) is 14.6. The molecule has 5 heteroatoms. The minimum Gasteiger partial charge on any atom is -0.493 e. The third kappa shape index (κ3) is 6.58. The topological polar surface area (TPSA) is 51.5 Å². The highest BCUT2D eigenvalue weighted by Crippen LogP contribution is 2.40. The number of ether oxygens (including phenoxy) is 3. The SMILES string of the molecule is COc1ccc(C=Cc2ccccc2)c(OC)c1OC.N#CCc1cccc(Cl)c1. The van der Waals surface area contributed by atoms with Gasteiger partial charge in [0, 0.05) is 10.6 Å². The molecule has 154 valence electrons. The molecule has 3 aromatic carbocycles. The first kappa shape index (κ1) is 22.9. The summed E-state index contributed by atoms with van der Waals surface area (Å²) in [6.07, 6.45) is 4.46. The first-order valence-corrected chi connectivity index (χ1v) is 9.64. The van der Waals surface area contributed by atoms with Crippen molar-refractivity contribution in [1.29, 1.82) is 5.26 Å². The van der Waals surface area contributed by atoms with Crippen LogP contribution in [0.1, 0.15) is 16.7 Å². The normalized spacial score (nSPS) is 9.97. The highest BCUT2D eigenvalue weighted by molar-refractivity contribution is 6.30. The minimum atomic E-state index is 0.431. The Morgan fingerprint density at radius 3 is 2.17 bits per heavy atom. The Labute approximate surface area is 182 Å². The molecule has 0 fully saturated rings. The maximum atomic E-state index is 8.32. The fourth-order valence-electron chi connectivity index (χ4n) is 2.74. The number of methoxy groups -OCH3 is 3. The minimum absolute atomic E-state index is 0.431. The lowest BCUT2D eigenvalue weighted by molar-refractivity contribution is 0.324. The van der Waals surface area contributed by atoms with Crippen LogP contribution < -0.4 is 14.2 Å². The van der Waals surface area contributed by atoms with Crippen molar-refractivity contribution in [2.45, 2.75) is 6.42 Å². The Morgan fingerprint density at radius 2 is 1.57 bits per heavy atom. The molecule has 3 rings (SSSR count). The van der Waals surface area contributed by atoms with Crippen molar-refractivity contribution < 1.29 is 14.2 Å². The molecule has 0 N–H and O–H groups in total. The maximum absolute atomic E-state index is 8.32. The molecule has 0 heterocycles. The summed E-state index contributed by atoms with van der Waals surface area (Å²) in [6.45, 7) is 0. The van der Waals surface area contributed by atoms with Gasteiger partial charge in [0.25, 0.3) is 0 Å². The Kier molecular flexibility index (Phi) is 9.30. The number of nitriles is 1. The maximum Gasteiger partial charge on any atom is 0.203 e. The van der Waals surface area contributed by atoms with E-state index in [1.54, 1.807) is 33.5 Å². The summed E-state index contributed by atoms with van der Waals surface area (Å²) in [5.41, 5.74) is 3.04. The summed E-state index contributed by atoms with van der Waals surface area (Å²) in [6, 6.07) is 23.3. The summed E-state index contributed by atoms with van der Waals surface area (Å²) in [7, 11) is 4.83. The van der Waals surface area contributed by atoms with Crippen molar-refractivity contribution in [3.05, 3.63) is 88.4 Å². The Balaban J connectivity index is 0.000000269. The third-order valence-electron chi connectivity index (χ3n) is 4.16. The van der Waals surface area contributed by atoms with Gasteiger partial charge in [-0.2, -0.15) is 5.26 Å². The van der Waals surface area contributed by atoms with Crippen molar-refractivity contribution in [1.82, 2.24) is 0 Å². The van der Waals surface area contributed by atoms with E-state index < -0.39 is 0 Å². The van der Waals surface area contributed by atoms with Gasteiger partial charge in [-0.1, -0.05) is 66.2 Å². The van der Waals surface area contributed by atoms with E-state index in [1.807, 2.05) is 66.7 Å². The van der Waals surface area contributed by atoms with Crippen molar-refractivity contribution >= 4 is 23.8 Å². The number of halogens is 1. The lowest BCUT2D eigenvalue weighted by Crippen LogP contribution is -1.96. The molecule has 0 spiro atoms. The molecular formula is C25H24ClNO3. The smallest absolute Gasteiger partial charge is 0.203 e. The van der Waals surface area contributed by atoms with Crippen LogP contribution in [-0.4, -0.2) is 21.3 Å². The number of rotatable bonds is 6. The van der Waals surface area contributed by atoms with E-state index in [0.717, 1.165) is 16.7 Å². The predicted molar refractivity (Wildman–Crippen MR) is 122 cm³/mol. The quantitative estimate of drug-likeness (QED) is 0.439. The van der Waals surface area contributed by atoms with Crippen LogP contribution in [0.2, 0.25) is 5.02 Å². The van der Waals surface area contributed by atoms with Crippen LogP contribution >= 0.6 is 11.6 Å². The van der Waals surface area contributed by atoms with Crippen LogP contribution in [0.4, 0.5) is 0 Å². The van der Waals surface area contributed by atoms with Gasteiger partial charge in [0.15, 0.2) is 11.5 Å². The summed E-state index contributed by atoms with van der Waals surface area (Å²) in [4.78, 5) is 0. The fraction of sp³-hybridized carbons (Fsp3) is 0.160. The van der Waals surface area contributed by atoms with Gasteiger partial charge in [-0.15, -0.1) is 0 Å². The second-order valence-corrected chi connectivity index (χ2v) is 6.57. The zero-order chi connectivity index (χ0) is 21.8. The molecule has 0 amide bonds. The van der Waals surface area contributed by atoms with E-state index >= 15 is 0 Å². The molecule has 0 bridgehead atoms. The highest BCUT2D eigenvalue weighted by atomic mass is 35.5. The summed E-state index contributed by atoms with van der Waals surface area (Å²) in [5, 5.41) is 9.01. The average molecular weight is 422 g/mol. The molecule has 0 unspecified atom stereocenters. The lowest BCUT2D eigenvalue weighted by atomic mass is 10.1. The van der Waals surface area contributed by atoms with Gasteiger partial charge in [0.1, 0.15) is 0 Å². The van der Waals surface area contributed by atoms with E-state index in [2.05, 4.69) is 6.07 Å². The van der Waals surface area contributed by atoms with Crippen molar-refractivity contribution in [2.75, 3.05) is 21.3 Å². The van der Waals surface area contributed by atoms with Gasteiger partial charge >= 0.3 is 0 Å². The van der Waals surface area contributed by atoms with Crippen molar-refractivity contribution in [2.24, 2.45) is 0 Å². The highest BCUT2D eigenvalue weighted by Gasteiger charge is 2.13. The van der Waals surface area contributed by atoms with Crippen LogP contribution in [0.25, 0.3) is 12.2 Å². The van der Waals surface area contributed by atoms with Crippen LogP contribution in [-0.2, 0) is 6.42 Å². The summed E-state index contributed by atoms with van der Waals surface area (Å²) in [5.74, 6) is 1.92. The average Bonchev–Trinajstić information content (AvgIpc) is 2.78. The zero-order valence-corrected chi connectivity index (χ0v) is 18.0. The van der Waals surface area contributed by atoms with Crippen LogP contribution in [0, 0.1) is 11.3 Å². The molecule has 0 atom stereocenters. The fourth-order valence-corrected chi connectivity index (χ4v) is 2.96. The molecule has 0 radical (unpaired) electrons. The Morgan fingerprint density at radius 1 is 0.833 bits per heavy atom. The van der Waals surface area contributed by atoms with Crippen LogP contribution in [0.15, 0.2) is 66.7 Å². The lowest BCUT2D eigenvalue weighted by Gasteiger charge is -2.13. The largest absolute Gasteiger partial charge is 0.493 e. The number of benzene rings is 3. The molecule has 0 aliphatic carbocycles. The van der Waals surface area contributed by atoms with Gasteiger partial charge in [-0.05, 0) is 35.4 Å². The monoisotopic (exact) mass is 421 g/mol. The molecular weight excluding hydrogens is 398 g/mol. The number of hydrogen-bond acceptors (Lipinski definition) is 4. The zero-order valence-electron chi connectivity index (χ0n) is 17.3.